The summed E-state index contributed by atoms with van der Waals surface area (Å²) in [4.78, 5) is 12.2. The van der Waals surface area contributed by atoms with Gasteiger partial charge in [-0.25, -0.2) is 0 Å². The van der Waals surface area contributed by atoms with Crippen molar-refractivity contribution in [2.45, 2.75) is 18.9 Å². The fourth-order valence-electron chi connectivity index (χ4n) is 2.84. The molecule has 0 saturated carbocycles. The number of rotatable bonds is 6. The Labute approximate surface area is 141 Å². The number of carbonyl (C=O) groups excluding carboxylic acids is 1. The Hall–Kier alpha value is -2.69. The Kier molecular flexibility index (Phi) is 4.89. The third-order valence-electron chi connectivity index (χ3n) is 4.12. The highest BCUT2D eigenvalue weighted by molar-refractivity contribution is 5.77. The van der Waals surface area contributed by atoms with Crippen LogP contribution in [0.1, 0.15) is 23.6 Å². The number of para-hydroxylation sites is 1. The van der Waals surface area contributed by atoms with Gasteiger partial charge in [0.1, 0.15) is 12.4 Å². The molecule has 5 heteroatoms. The third-order valence-corrected chi connectivity index (χ3v) is 4.12. The number of ether oxygens (including phenoxy) is 3. The van der Waals surface area contributed by atoms with Crippen LogP contribution in [-0.2, 0) is 11.2 Å². The van der Waals surface area contributed by atoms with Crippen molar-refractivity contribution in [3.05, 3.63) is 53.6 Å². The lowest BCUT2D eigenvalue weighted by molar-refractivity contribution is -0.121. The van der Waals surface area contributed by atoms with Crippen LogP contribution in [-0.4, -0.2) is 26.7 Å². The molecule has 0 fully saturated rings. The van der Waals surface area contributed by atoms with Crippen molar-refractivity contribution in [2.75, 3.05) is 20.8 Å². The zero-order valence-electron chi connectivity index (χ0n) is 13.9. The Balaban J connectivity index is 1.57. The van der Waals surface area contributed by atoms with Crippen LogP contribution in [0.5, 0.6) is 17.2 Å². The van der Waals surface area contributed by atoms with E-state index in [0.717, 1.165) is 16.9 Å². The molecule has 1 atom stereocenters. The predicted molar refractivity (Wildman–Crippen MR) is 90.7 cm³/mol. The second-order valence-electron chi connectivity index (χ2n) is 5.66. The number of methoxy groups -OCH3 is 2. The third kappa shape index (κ3) is 3.45. The average molecular weight is 327 g/mol. The fourth-order valence-corrected chi connectivity index (χ4v) is 2.84. The number of fused-ring (bicyclic) bond motifs is 1. The summed E-state index contributed by atoms with van der Waals surface area (Å²) in [7, 11) is 3.21. The molecule has 5 nitrogen and oxygen atoms in total. The zero-order valence-corrected chi connectivity index (χ0v) is 13.9. The first-order valence-electron chi connectivity index (χ1n) is 7.93. The Morgan fingerprint density at radius 1 is 1.17 bits per heavy atom. The lowest BCUT2D eigenvalue weighted by Gasteiger charge is -2.12. The number of hydrogen-bond acceptors (Lipinski definition) is 4. The van der Waals surface area contributed by atoms with Crippen molar-refractivity contribution in [3.8, 4) is 17.2 Å². The van der Waals surface area contributed by atoms with E-state index < -0.39 is 0 Å². The fraction of sp³-hybridized carbons (Fsp3) is 0.316. The van der Waals surface area contributed by atoms with Gasteiger partial charge in [-0.2, -0.15) is 0 Å². The Bertz CT molecular complexity index is 729. The second kappa shape index (κ2) is 7.25. The van der Waals surface area contributed by atoms with Crippen LogP contribution >= 0.6 is 0 Å². The van der Waals surface area contributed by atoms with Crippen molar-refractivity contribution < 1.29 is 19.0 Å². The molecule has 2 aromatic rings. The lowest BCUT2D eigenvalue weighted by Crippen LogP contribution is -2.29. The molecule has 1 aliphatic rings. The molecule has 0 saturated heterocycles. The smallest absolute Gasteiger partial charge is 0.220 e. The average Bonchev–Trinajstić information content (AvgIpc) is 3.02. The number of amides is 1. The first-order valence-corrected chi connectivity index (χ1v) is 7.93. The number of hydrogen-bond donors (Lipinski definition) is 1. The van der Waals surface area contributed by atoms with E-state index in [2.05, 4.69) is 5.32 Å². The summed E-state index contributed by atoms with van der Waals surface area (Å²) in [6, 6.07) is 13.4. The van der Waals surface area contributed by atoms with Crippen molar-refractivity contribution >= 4 is 5.91 Å². The van der Waals surface area contributed by atoms with Gasteiger partial charge < -0.3 is 19.5 Å². The van der Waals surface area contributed by atoms with Gasteiger partial charge in [0.15, 0.2) is 11.5 Å². The van der Waals surface area contributed by atoms with Crippen molar-refractivity contribution in [1.29, 1.82) is 0 Å². The minimum Gasteiger partial charge on any atom is -0.493 e. The normalized spacial score (nSPS) is 15.3. The summed E-state index contributed by atoms with van der Waals surface area (Å²) >= 11 is 0. The summed E-state index contributed by atoms with van der Waals surface area (Å²) in [6.45, 7) is 0.488. The highest BCUT2D eigenvalue weighted by Crippen LogP contribution is 2.32. The number of carbonyl (C=O) groups is 1. The van der Waals surface area contributed by atoms with E-state index >= 15 is 0 Å². The van der Waals surface area contributed by atoms with E-state index in [0.29, 0.717) is 30.9 Å². The number of aryl methyl sites for hydroxylation is 1. The zero-order chi connectivity index (χ0) is 16.9. The molecule has 1 amide bonds. The summed E-state index contributed by atoms with van der Waals surface area (Å²) in [6.07, 6.45) is 1.05. The summed E-state index contributed by atoms with van der Waals surface area (Å²) in [5.74, 6) is 2.22. The van der Waals surface area contributed by atoms with E-state index in [4.69, 9.17) is 14.2 Å². The molecule has 1 aliphatic heterocycles. The molecule has 0 aromatic heterocycles. The van der Waals surface area contributed by atoms with Crippen LogP contribution in [0.25, 0.3) is 0 Å². The Morgan fingerprint density at radius 3 is 2.75 bits per heavy atom. The monoisotopic (exact) mass is 327 g/mol. The van der Waals surface area contributed by atoms with Crippen LogP contribution < -0.4 is 19.5 Å². The maximum Gasteiger partial charge on any atom is 0.220 e. The summed E-state index contributed by atoms with van der Waals surface area (Å²) in [5.41, 5.74) is 2.07. The largest absolute Gasteiger partial charge is 0.493 e. The van der Waals surface area contributed by atoms with Gasteiger partial charge in [0.05, 0.1) is 20.3 Å². The van der Waals surface area contributed by atoms with E-state index in [1.165, 1.54) is 0 Å². The van der Waals surface area contributed by atoms with Crippen LogP contribution in [0.3, 0.4) is 0 Å². The maximum atomic E-state index is 12.2. The second-order valence-corrected chi connectivity index (χ2v) is 5.66. The molecular weight excluding hydrogens is 306 g/mol. The van der Waals surface area contributed by atoms with Gasteiger partial charge in [0.25, 0.3) is 0 Å². The van der Waals surface area contributed by atoms with E-state index in [-0.39, 0.29) is 11.9 Å². The van der Waals surface area contributed by atoms with Gasteiger partial charge in [-0.05, 0) is 30.2 Å². The quantitative estimate of drug-likeness (QED) is 0.886. The molecule has 1 N–H and O–H groups in total. The van der Waals surface area contributed by atoms with E-state index in [1.807, 2.05) is 42.5 Å². The molecule has 2 aromatic carbocycles. The molecule has 126 valence electrons. The molecule has 24 heavy (non-hydrogen) atoms. The minimum atomic E-state index is -0.0703. The highest BCUT2D eigenvalue weighted by Gasteiger charge is 2.24. The summed E-state index contributed by atoms with van der Waals surface area (Å²) < 4.78 is 16.1. The standard InChI is InChI=1S/C19H21NO4/c1-22-17-9-7-13(11-18(17)23-2)8-10-19(21)20-15-12-24-16-6-4-3-5-14(15)16/h3-7,9,11,15H,8,10,12H2,1-2H3,(H,20,21). The molecule has 0 spiro atoms. The maximum absolute atomic E-state index is 12.2. The molecule has 1 heterocycles. The first-order chi connectivity index (χ1) is 11.7. The summed E-state index contributed by atoms with van der Waals surface area (Å²) in [5, 5.41) is 3.04. The molecule has 3 rings (SSSR count). The van der Waals surface area contributed by atoms with Crippen molar-refractivity contribution in [3.63, 3.8) is 0 Å². The SMILES string of the molecule is COc1ccc(CCC(=O)NC2COc3ccccc32)cc1OC. The molecule has 0 radical (unpaired) electrons. The van der Waals surface area contributed by atoms with E-state index in [1.54, 1.807) is 14.2 Å². The molecule has 1 unspecified atom stereocenters. The highest BCUT2D eigenvalue weighted by atomic mass is 16.5. The van der Waals surface area contributed by atoms with Crippen molar-refractivity contribution in [2.24, 2.45) is 0 Å². The topological polar surface area (TPSA) is 56.8 Å². The van der Waals surface area contributed by atoms with Gasteiger partial charge in [-0.3, -0.25) is 4.79 Å². The first kappa shape index (κ1) is 16.2. The van der Waals surface area contributed by atoms with Gasteiger partial charge in [-0.15, -0.1) is 0 Å². The molecule has 0 aliphatic carbocycles. The van der Waals surface area contributed by atoms with Gasteiger partial charge in [0.2, 0.25) is 5.91 Å². The molecule has 0 bridgehead atoms. The van der Waals surface area contributed by atoms with Gasteiger partial charge in [-0.1, -0.05) is 24.3 Å². The van der Waals surface area contributed by atoms with Crippen LogP contribution in [0.2, 0.25) is 0 Å². The van der Waals surface area contributed by atoms with Crippen LogP contribution in [0, 0.1) is 0 Å². The minimum absolute atomic E-state index is 0.00934. The van der Waals surface area contributed by atoms with Crippen LogP contribution in [0.15, 0.2) is 42.5 Å². The predicted octanol–water partition coefficient (Wildman–Crippen LogP) is 2.89. The van der Waals surface area contributed by atoms with E-state index in [9.17, 15) is 4.79 Å². The van der Waals surface area contributed by atoms with Gasteiger partial charge in [0, 0.05) is 12.0 Å². The number of benzene rings is 2. The van der Waals surface area contributed by atoms with Crippen molar-refractivity contribution in [1.82, 2.24) is 5.32 Å². The lowest BCUT2D eigenvalue weighted by atomic mass is 10.1. The molecular formula is C19H21NO4. The number of nitrogens with one attached hydrogen (secondary N) is 1. The van der Waals surface area contributed by atoms with Crippen LogP contribution in [0.4, 0.5) is 0 Å². The van der Waals surface area contributed by atoms with Gasteiger partial charge >= 0.3 is 0 Å². The Morgan fingerprint density at radius 2 is 1.96 bits per heavy atom.